The maximum atomic E-state index is 3.48. The van der Waals surface area contributed by atoms with E-state index in [1.54, 1.807) is 0 Å². The third-order valence-electron chi connectivity index (χ3n) is 4.41. The lowest BCUT2D eigenvalue weighted by molar-refractivity contribution is 0.396. The van der Waals surface area contributed by atoms with Gasteiger partial charge >= 0.3 is 0 Å². The molecule has 0 spiro atoms. The fourth-order valence-corrected chi connectivity index (χ4v) is 3.24. The van der Waals surface area contributed by atoms with Crippen LogP contribution in [0.5, 0.6) is 0 Å². The Labute approximate surface area is 130 Å². The molecule has 1 N–H and O–H groups in total. The molecule has 0 radical (unpaired) electrons. The predicted octanol–water partition coefficient (Wildman–Crippen LogP) is 2.88. The van der Waals surface area contributed by atoms with Crippen molar-refractivity contribution >= 4 is 5.69 Å². The maximum absolute atomic E-state index is 3.48. The molecule has 1 aromatic carbocycles. The van der Waals surface area contributed by atoms with Gasteiger partial charge in [0.1, 0.15) is 0 Å². The molecule has 0 aliphatic carbocycles. The molecular formula is C18H31N3. The number of anilines is 1. The first-order valence-electron chi connectivity index (χ1n) is 8.18. The van der Waals surface area contributed by atoms with E-state index in [2.05, 4.69) is 68.2 Å². The lowest BCUT2D eigenvalue weighted by atomic mass is 10.1. The Balaban J connectivity index is 1.96. The van der Waals surface area contributed by atoms with Crippen molar-refractivity contribution in [3.8, 4) is 0 Å². The zero-order valence-corrected chi connectivity index (χ0v) is 14.3. The summed E-state index contributed by atoms with van der Waals surface area (Å²) < 4.78 is 0. The summed E-state index contributed by atoms with van der Waals surface area (Å²) in [5, 5.41) is 3.48. The smallest absolute Gasteiger partial charge is 0.0393 e. The van der Waals surface area contributed by atoms with Crippen LogP contribution >= 0.6 is 0 Å². The summed E-state index contributed by atoms with van der Waals surface area (Å²) >= 11 is 0. The number of benzene rings is 1. The second-order valence-electron chi connectivity index (χ2n) is 6.95. The van der Waals surface area contributed by atoms with Gasteiger partial charge in [-0.15, -0.1) is 0 Å². The molecule has 1 aliphatic rings. The molecule has 21 heavy (non-hydrogen) atoms. The Hall–Kier alpha value is -1.06. The SMILES string of the molecule is Cc1cc(CNC(C)C)ccc1N(C)CC1CCN(C)C1. The van der Waals surface area contributed by atoms with Crippen molar-refractivity contribution < 1.29 is 0 Å². The molecular weight excluding hydrogens is 258 g/mol. The van der Waals surface area contributed by atoms with E-state index in [0.717, 1.165) is 19.0 Å². The highest BCUT2D eigenvalue weighted by Crippen LogP contribution is 2.23. The maximum Gasteiger partial charge on any atom is 0.0393 e. The van der Waals surface area contributed by atoms with Gasteiger partial charge < -0.3 is 15.1 Å². The monoisotopic (exact) mass is 289 g/mol. The van der Waals surface area contributed by atoms with Crippen LogP contribution in [0, 0.1) is 12.8 Å². The van der Waals surface area contributed by atoms with E-state index in [1.165, 1.54) is 36.3 Å². The molecule has 1 aliphatic heterocycles. The van der Waals surface area contributed by atoms with Crippen molar-refractivity contribution in [3.05, 3.63) is 29.3 Å². The largest absolute Gasteiger partial charge is 0.374 e. The Morgan fingerprint density at radius 3 is 2.71 bits per heavy atom. The summed E-state index contributed by atoms with van der Waals surface area (Å²) in [6.45, 7) is 11.2. The topological polar surface area (TPSA) is 18.5 Å². The van der Waals surface area contributed by atoms with E-state index in [-0.39, 0.29) is 0 Å². The van der Waals surface area contributed by atoms with Crippen LogP contribution in [0.4, 0.5) is 5.69 Å². The molecule has 1 saturated heterocycles. The Kier molecular flexibility index (Phi) is 5.65. The van der Waals surface area contributed by atoms with Gasteiger partial charge in [0.2, 0.25) is 0 Å². The summed E-state index contributed by atoms with van der Waals surface area (Å²) in [5.41, 5.74) is 4.13. The van der Waals surface area contributed by atoms with Crippen LogP contribution in [-0.4, -0.2) is 44.7 Å². The summed E-state index contributed by atoms with van der Waals surface area (Å²) in [7, 11) is 4.45. The Morgan fingerprint density at radius 2 is 2.14 bits per heavy atom. The molecule has 1 atom stereocenters. The summed E-state index contributed by atoms with van der Waals surface area (Å²) in [6, 6.07) is 7.40. The fraction of sp³-hybridized carbons (Fsp3) is 0.667. The van der Waals surface area contributed by atoms with Crippen molar-refractivity contribution in [2.75, 3.05) is 38.6 Å². The van der Waals surface area contributed by atoms with E-state index in [0.29, 0.717) is 6.04 Å². The molecule has 118 valence electrons. The van der Waals surface area contributed by atoms with Crippen LogP contribution in [0.25, 0.3) is 0 Å². The highest BCUT2D eigenvalue weighted by atomic mass is 15.2. The van der Waals surface area contributed by atoms with E-state index < -0.39 is 0 Å². The molecule has 0 bridgehead atoms. The standard InChI is InChI=1S/C18H31N3/c1-14(2)19-11-16-6-7-18(15(3)10-16)21(5)13-17-8-9-20(4)12-17/h6-7,10,14,17,19H,8-9,11-13H2,1-5H3. The van der Waals surface area contributed by atoms with Crippen LogP contribution in [0.2, 0.25) is 0 Å². The average Bonchev–Trinajstić information content (AvgIpc) is 2.81. The number of likely N-dealkylation sites (tertiary alicyclic amines) is 1. The number of hydrogen-bond donors (Lipinski definition) is 1. The van der Waals surface area contributed by atoms with Gasteiger partial charge in [-0.25, -0.2) is 0 Å². The molecule has 3 nitrogen and oxygen atoms in total. The van der Waals surface area contributed by atoms with Gasteiger partial charge in [-0.1, -0.05) is 26.0 Å². The summed E-state index contributed by atoms with van der Waals surface area (Å²) in [5.74, 6) is 0.807. The predicted molar refractivity (Wildman–Crippen MR) is 92.0 cm³/mol. The van der Waals surface area contributed by atoms with Crippen molar-refractivity contribution in [2.24, 2.45) is 5.92 Å². The minimum absolute atomic E-state index is 0.534. The minimum atomic E-state index is 0.534. The van der Waals surface area contributed by atoms with Gasteiger partial charge in [0.25, 0.3) is 0 Å². The highest BCUT2D eigenvalue weighted by Gasteiger charge is 2.21. The zero-order chi connectivity index (χ0) is 15.4. The third-order valence-corrected chi connectivity index (χ3v) is 4.41. The van der Waals surface area contributed by atoms with Gasteiger partial charge in [0, 0.05) is 38.4 Å². The highest BCUT2D eigenvalue weighted by molar-refractivity contribution is 5.54. The van der Waals surface area contributed by atoms with E-state index in [4.69, 9.17) is 0 Å². The van der Waals surface area contributed by atoms with Gasteiger partial charge in [0.15, 0.2) is 0 Å². The Morgan fingerprint density at radius 1 is 1.38 bits per heavy atom. The number of hydrogen-bond acceptors (Lipinski definition) is 3. The minimum Gasteiger partial charge on any atom is -0.374 e. The number of rotatable bonds is 6. The lowest BCUT2D eigenvalue weighted by Gasteiger charge is -2.25. The first-order chi connectivity index (χ1) is 9.95. The van der Waals surface area contributed by atoms with Crippen LogP contribution in [-0.2, 0) is 6.54 Å². The molecule has 0 amide bonds. The number of nitrogens with one attached hydrogen (secondary N) is 1. The summed E-state index contributed by atoms with van der Waals surface area (Å²) in [6.07, 6.45) is 1.33. The van der Waals surface area contributed by atoms with Crippen LogP contribution in [0.1, 0.15) is 31.4 Å². The second-order valence-corrected chi connectivity index (χ2v) is 6.95. The molecule has 2 rings (SSSR count). The molecule has 0 saturated carbocycles. The quantitative estimate of drug-likeness (QED) is 0.869. The molecule has 1 unspecified atom stereocenters. The van der Waals surface area contributed by atoms with Crippen LogP contribution in [0.3, 0.4) is 0 Å². The van der Waals surface area contributed by atoms with Crippen molar-refractivity contribution in [3.63, 3.8) is 0 Å². The number of nitrogens with zero attached hydrogens (tertiary/aromatic N) is 2. The fourth-order valence-electron chi connectivity index (χ4n) is 3.24. The average molecular weight is 289 g/mol. The van der Waals surface area contributed by atoms with Crippen LogP contribution < -0.4 is 10.2 Å². The molecule has 3 heteroatoms. The first kappa shape index (κ1) is 16.3. The third kappa shape index (κ3) is 4.72. The van der Waals surface area contributed by atoms with Crippen molar-refractivity contribution in [1.82, 2.24) is 10.2 Å². The van der Waals surface area contributed by atoms with Crippen molar-refractivity contribution in [2.45, 2.75) is 39.8 Å². The molecule has 1 heterocycles. The second kappa shape index (κ2) is 7.28. The zero-order valence-electron chi connectivity index (χ0n) is 14.3. The van der Waals surface area contributed by atoms with E-state index >= 15 is 0 Å². The van der Waals surface area contributed by atoms with Gasteiger partial charge in [0.05, 0.1) is 0 Å². The Bertz CT molecular complexity index is 456. The normalized spacial score (nSPS) is 19.4. The number of aryl methyl sites for hydroxylation is 1. The van der Waals surface area contributed by atoms with Gasteiger partial charge in [-0.05, 0) is 50.0 Å². The van der Waals surface area contributed by atoms with Crippen molar-refractivity contribution in [1.29, 1.82) is 0 Å². The van der Waals surface area contributed by atoms with E-state index in [9.17, 15) is 0 Å². The first-order valence-corrected chi connectivity index (χ1v) is 8.18. The lowest BCUT2D eigenvalue weighted by Crippen LogP contribution is -2.27. The van der Waals surface area contributed by atoms with Gasteiger partial charge in [-0.2, -0.15) is 0 Å². The molecule has 1 aromatic rings. The van der Waals surface area contributed by atoms with E-state index in [1.807, 2.05) is 0 Å². The molecule has 0 aromatic heterocycles. The summed E-state index contributed by atoms with van der Waals surface area (Å²) in [4.78, 5) is 4.87. The van der Waals surface area contributed by atoms with Crippen LogP contribution in [0.15, 0.2) is 18.2 Å². The molecule has 1 fully saturated rings. The van der Waals surface area contributed by atoms with Gasteiger partial charge in [-0.3, -0.25) is 0 Å².